The summed E-state index contributed by atoms with van der Waals surface area (Å²) in [6, 6.07) is 4.16. The van der Waals surface area contributed by atoms with Crippen molar-refractivity contribution in [2.24, 2.45) is 0 Å². The number of rotatable bonds is 4. The van der Waals surface area contributed by atoms with E-state index in [-0.39, 0.29) is 0 Å². The Balaban J connectivity index is 2.39. The molecule has 2 heteroatoms. The van der Waals surface area contributed by atoms with Crippen molar-refractivity contribution in [2.45, 2.75) is 25.7 Å². The average molecular weight is 218 g/mol. The Morgan fingerprint density at radius 3 is 2.44 bits per heavy atom. The van der Waals surface area contributed by atoms with E-state index >= 15 is 0 Å². The molecule has 0 amide bonds. The molecule has 0 radical (unpaired) electrons. The minimum Gasteiger partial charge on any atom is -0.493 e. The summed E-state index contributed by atoms with van der Waals surface area (Å²) in [5, 5.41) is 0. The second kappa shape index (κ2) is 4.60. The van der Waals surface area contributed by atoms with E-state index in [1.165, 1.54) is 24.0 Å². The molecule has 1 unspecified atom stereocenters. The number of allylic oxidation sites excluding steroid dienone is 1. The zero-order chi connectivity index (χ0) is 11.5. The summed E-state index contributed by atoms with van der Waals surface area (Å²) in [4.78, 5) is 0. The van der Waals surface area contributed by atoms with E-state index in [4.69, 9.17) is 9.47 Å². The SMILES string of the molecule is CCCC1C=Cc2cc(OC)c(OC)cc21. The fourth-order valence-electron chi connectivity index (χ4n) is 2.26. The third-order valence-electron chi connectivity index (χ3n) is 3.10. The number of hydrogen-bond donors (Lipinski definition) is 0. The highest BCUT2D eigenvalue weighted by molar-refractivity contribution is 5.66. The molecule has 16 heavy (non-hydrogen) atoms. The van der Waals surface area contributed by atoms with Gasteiger partial charge in [0.15, 0.2) is 11.5 Å². The maximum absolute atomic E-state index is 5.34. The predicted molar refractivity (Wildman–Crippen MR) is 66.2 cm³/mol. The van der Waals surface area contributed by atoms with Gasteiger partial charge in [-0.05, 0) is 29.7 Å². The summed E-state index contributed by atoms with van der Waals surface area (Å²) in [6.07, 6.45) is 6.84. The van der Waals surface area contributed by atoms with Crippen LogP contribution < -0.4 is 9.47 Å². The lowest BCUT2D eigenvalue weighted by Gasteiger charge is -2.14. The number of hydrogen-bond acceptors (Lipinski definition) is 2. The highest BCUT2D eigenvalue weighted by Gasteiger charge is 2.19. The van der Waals surface area contributed by atoms with Crippen LogP contribution in [-0.4, -0.2) is 14.2 Å². The summed E-state index contributed by atoms with van der Waals surface area (Å²) in [7, 11) is 3.36. The van der Waals surface area contributed by atoms with Crippen molar-refractivity contribution >= 4 is 6.08 Å². The summed E-state index contributed by atoms with van der Waals surface area (Å²) in [6.45, 7) is 2.21. The molecule has 0 aliphatic heterocycles. The van der Waals surface area contributed by atoms with Crippen molar-refractivity contribution < 1.29 is 9.47 Å². The highest BCUT2D eigenvalue weighted by atomic mass is 16.5. The molecule has 1 aromatic carbocycles. The van der Waals surface area contributed by atoms with Crippen LogP contribution in [0.1, 0.15) is 36.8 Å². The second-order valence-electron chi connectivity index (χ2n) is 4.09. The minimum atomic E-state index is 0.541. The summed E-state index contributed by atoms with van der Waals surface area (Å²) >= 11 is 0. The smallest absolute Gasteiger partial charge is 0.161 e. The van der Waals surface area contributed by atoms with Crippen LogP contribution in [-0.2, 0) is 0 Å². The van der Waals surface area contributed by atoms with Gasteiger partial charge in [0.05, 0.1) is 14.2 Å². The van der Waals surface area contributed by atoms with Gasteiger partial charge in [-0.3, -0.25) is 0 Å². The fourth-order valence-corrected chi connectivity index (χ4v) is 2.26. The van der Waals surface area contributed by atoms with E-state index in [0.29, 0.717) is 5.92 Å². The second-order valence-corrected chi connectivity index (χ2v) is 4.09. The number of ether oxygens (including phenoxy) is 2. The number of methoxy groups -OCH3 is 2. The van der Waals surface area contributed by atoms with E-state index in [0.717, 1.165) is 11.5 Å². The molecule has 0 spiro atoms. The van der Waals surface area contributed by atoms with Gasteiger partial charge in [-0.15, -0.1) is 0 Å². The predicted octanol–water partition coefficient (Wildman–Crippen LogP) is 3.61. The molecule has 86 valence electrons. The van der Waals surface area contributed by atoms with Crippen LogP contribution in [0.5, 0.6) is 11.5 Å². The van der Waals surface area contributed by atoms with Gasteiger partial charge in [-0.2, -0.15) is 0 Å². The van der Waals surface area contributed by atoms with Gasteiger partial charge in [-0.1, -0.05) is 25.5 Å². The molecule has 1 aromatic rings. The minimum absolute atomic E-state index is 0.541. The molecule has 0 bridgehead atoms. The van der Waals surface area contributed by atoms with Crippen molar-refractivity contribution in [1.29, 1.82) is 0 Å². The zero-order valence-electron chi connectivity index (χ0n) is 10.1. The Labute approximate surface area is 96.9 Å². The zero-order valence-corrected chi connectivity index (χ0v) is 10.1. The van der Waals surface area contributed by atoms with Gasteiger partial charge in [0, 0.05) is 5.92 Å². The first kappa shape index (κ1) is 11.1. The highest BCUT2D eigenvalue weighted by Crippen LogP contribution is 2.40. The standard InChI is InChI=1S/C14H18O2/c1-4-5-10-6-7-11-8-13(15-2)14(16-3)9-12(10)11/h6-10H,4-5H2,1-3H3. The van der Waals surface area contributed by atoms with Crippen LogP contribution in [0.4, 0.5) is 0 Å². The van der Waals surface area contributed by atoms with Gasteiger partial charge in [0.25, 0.3) is 0 Å². The Hall–Kier alpha value is -1.44. The van der Waals surface area contributed by atoms with E-state index in [9.17, 15) is 0 Å². The lowest BCUT2D eigenvalue weighted by molar-refractivity contribution is 0.354. The monoisotopic (exact) mass is 218 g/mol. The van der Waals surface area contributed by atoms with Crippen molar-refractivity contribution in [2.75, 3.05) is 14.2 Å². The lowest BCUT2D eigenvalue weighted by Crippen LogP contribution is -1.96. The van der Waals surface area contributed by atoms with Gasteiger partial charge in [-0.25, -0.2) is 0 Å². The largest absolute Gasteiger partial charge is 0.493 e. The molecule has 1 atom stereocenters. The molecule has 2 rings (SSSR count). The molecule has 0 fully saturated rings. The number of fused-ring (bicyclic) bond motifs is 1. The van der Waals surface area contributed by atoms with E-state index in [2.05, 4.69) is 31.2 Å². The Kier molecular flexibility index (Phi) is 3.18. The molecule has 0 heterocycles. The van der Waals surface area contributed by atoms with Gasteiger partial charge >= 0.3 is 0 Å². The first-order chi connectivity index (χ1) is 7.80. The topological polar surface area (TPSA) is 18.5 Å². The quantitative estimate of drug-likeness (QED) is 0.768. The van der Waals surface area contributed by atoms with Crippen molar-refractivity contribution in [3.05, 3.63) is 29.3 Å². The maximum atomic E-state index is 5.34. The van der Waals surface area contributed by atoms with Crippen LogP contribution in [0.15, 0.2) is 18.2 Å². The third-order valence-corrected chi connectivity index (χ3v) is 3.10. The molecule has 1 aliphatic carbocycles. The molecule has 2 nitrogen and oxygen atoms in total. The van der Waals surface area contributed by atoms with Crippen LogP contribution >= 0.6 is 0 Å². The molecular weight excluding hydrogens is 200 g/mol. The molecule has 0 aromatic heterocycles. The van der Waals surface area contributed by atoms with Crippen molar-refractivity contribution in [3.63, 3.8) is 0 Å². The van der Waals surface area contributed by atoms with Gasteiger partial charge in [0.1, 0.15) is 0 Å². The Bertz CT molecular complexity index is 407. The average Bonchev–Trinajstić information content (AvgIpc) is 2.70. The van der Waals surface area contributed by atoms with Crippen molar-refractivity contribution in [1.82, 2.24) is 0 Å². The van der Waals surface area contributed by atoms with Crippen molar-refractivity contribution in [3.8, 4) is 11.5 Å². The Morgan fingerprint density at radius 1 is 1.12 bits per heavy atom. The maximum Gasteiger partial charge on any atom is 0.161 e. The van der Waals surface area contributed by atoms with Gasteiger partial charge in [0.2, 0.25) is 0 Å². The fraction of sp³-hybridized carbons (Fsp3) is 0.429. The van der Waals surface area contributed by atoms with E-state index < -0.39 is 0 Å². The molecule has 0 N–H and O–H groups in total. The van der Waals surface area contributed by atoms with Gasteiger partial charge < -0.3 is 9.47 Å². The first-order valence-electron chi connectivity index (χ1n) is 5.74. The van der Waals surface area contributed by atoms with Crippen LogP contribution in [0.25, 0.3) is 6.08 Å². The van der Waals surface area contributed by atoms with Crippen LogP contribution in [0.3, 0.4) is 0 Å². The first-order valence-corrected chi connectivity index (χ1v) is 5.74. The summed E-state index contributed by atoms with van der Waals surface area (Å²) < 4.78 is 10.6. The molecule has 1 aliphatic rings. The van der Waals surface area contributed by atoms with E-state index in [1.807, 2.05) is 0 Å². The van der Waals surface area contributed by atoms with E-state index in [1.54, 1.807) is 14.2 Å². The molecule has 0 saturated carbocycles. The number of benzene rings is 1. The molecule has 0 saturated heterocycles. The lowest BCUT2D eigenvalue weighted by atomic mass is 9.96. The van der Waals surface area contributed by atoms with Crippen LogP contribution in [0, 0.1) is 0 Å². The van der Waals surface area contributed by atoms with Crippen LogP contribution in [0.2, 0.25) is 0 Å². The summed E-state index contributed by atoms with van der Waals surface area (Å²) in [5.74, 6) is 2.17. The normalized spacial score (nSPS) is 17.3. The molecular formula is C14H18O2. The summed E-state index contributed by atoms with van der Waals surface area (Å²) in [5.41, 5.74) is 2.62. The Morgan fingerprint density at radius 2 is 1.81 bits per heavy atom. The third kappa shape index (κ3) is 1.80.